The lowest BCUT2D eigenvalue weighted by atomic mass is 9.94. The molecule has 0 aliphatic carbocycles. The van der Waals surface area contributed by atoms with Gasteiger partial charge in [-0.05, 0) is 77.2 Å². The van der Waals surface area contributed by atoms with Crippen molar-refractivity contribution in [1.29, 1.82) is 0 Å². The monoisotopic (exact) mass is 806 g/mol. The molecular formula is C45H66N2O9Si. The van der Waals surface area contributed by atoms with Crippen molar-refractivity contribution < 1.29 is 42.5 Å². The van der Waals surface area contributed by atoms with Crippen molar-refractivity contribution in [2.24, 2.45) is 0 Å². The van der Waals surface area contributed by atoms with Crippen LogP contribution in [0.15, 0.2) is 72.8 Å². The maximum absolute atomic E-state index is 12.4. The van der Waals surface area contributed by atoms with Gasteiger partial charge >= 0.3 is 6.09 Å². The fourth-order valence-electron chi connectivity index (χ4n) is 5.47. The topological polar surface area (TPSA) is 131 Å². The Hall–Kier alpha value is -3.91. The van der Waals surface area contributed by atoms with Crippen molar-refractivity contribution in [3.8, 4) is 11.1 Å². The van der Waals surface area contributed by atoms with Crippen LogP contribution in [0.4, 0.5) is 4.79 Å². The van der Waals surface area contributed by atoms with E-state index in [0.29, 0.717) is 59.2 Å². The Labute approximate surface area is 341 Å². The fraction of sp³-hybridized carbons (Fsp3) is 0.533. The number of nitrogens with one attached hydrogen (secondary N) is 2. The van der Waals surface area contributed by atoms with Gasteiger partial charge in [0.1, 0.15) is 19.8 Å². The van der Waals surface area contributed by atoms with E-state index in [0.717, 1.165) is 31.2 Å². The van der Waals surface area contributed by atoms with Crippen LogP contribution in [0, 0.1) is 0 Å². The van der Waals surface area contributed by atoms with E-state index in [1.165, 1.54) is 27.8 Å². The number of amides is 2. The lowest BCUT2D eigenvalue weighted by Crippen LogP contribution is -2.40. The molecule has 0 aromatic heterocycles. The van der Waals surface area contributed by atoms with E-state index < -0.39 is 14.4 Å². The van der Waals surface area contributed by atoms with Gasteiger partial charge in [-0.1, -0.05) is 100 Å². The second-order valence-electron chi connectivity index (χ2n) is 15.5. The van der Waals surface area contributed by atoms with E-state index in [2.05, 4.69) is 93.9 Å². The van der Waals surface area contributed by atoms with Crippen molar-refractivity contribution in [3.63, 3.8) is 0 Å². The molecule has 0 saturated heterocycles. The molecule has 3 rings (SSSR count). The molecule has 314 valence electrons. The maximum atomic E-state index is 12.4. The summed E-state index contributed by atoms with van der Waals surface area (Å²) >= 11 is 0. The summed E-state index contributed by atoms with van der Waals surface area (Å²) < 4.78 is 33.2. The SMILES string of the molecule is CCc1ccc(-c2ccc(CO[Si](C)(C)C(C)(C)C)cc2)cc1CCCCC(=O)COCCOCCNC(=O)COCCOCCNC(=O)OCc1ccccc1. The molecule has 0 unspecified atom stereocenters. The van der Waals surface area contributed by atoms with Crippen molar-refractivity contribution in [2.45, 2.75) is 91.1 Å². The van der Waals surface area contributed by atoms with E-state index in [1.54, 1.807) is 0 Å². The Bertz CT molecular complexity index is 1610. The standard InChI is InChI=1S/C45H66N2O9Si/c1-7-38-21-22-41(39-19-17-37(18-20-39)33-56-57(5,6)45(2,3)4)31-40(38)15-11-12-16-42(48)34-53-29-27-51-25-23-46-43(49)35-54-30-28-52-26-24-47-44(50)55-32-36-13-9-8-10-14-36/h8-10,13-14,17-22,31H,7,11-12,15-16,23-30,32-35H2,1-6H3,(H,46,49)(H,47,50). The summed E-state index contributed by atoms with van der Waals surface area (Å²) in [5, 5.41) is 5.52. The summed E-state index contributed by atoms with van der Waals surface area (Å²) in [6, 6.07) is 24.9. The van der Waals surface area contributed by atoms with Crippen molar-refractivity contribution in [3.05, 3.63) is 95.1 Å². The van der Waals surface area contributed by atoms with E-state index in [-0.39, 0.29) is 43.2 Å². The Morgan fingerprint density at radius 1 is 0.649 bits per heavy atom. The summed E-state index contributed by atoms with van der Waals surface area (Å²) in [6.07, 6.45) is 3.64. The predicted octanol–water partition coefficient (Wildman–Crippen LogP) is 7.83. The fourth-order valence-corrected chi connectivity index (χ4v) is 6.43. The summed E-state index contributed by atoms with van der Waals surface area (Å²) in [7, 11) is -1.79. The normalized spacial score (nSPS) is 11.7. The van der Waals surface area contributed by atoms with Crippen LogP contribution in [0.5, 0.6) is 0 Å². The average molecular weight is 807 g/mol. The number of carbonyl (C=O) groups excluding carboxylic acids is 3. The molecule has 11 nitrogen and oxygen atoms in total. The number of benzene rings is 3. The molecule has 0 atom stereocenters. The summed E-state index contributed by atoms with van der Waals surface area (Å²) in [5.74, 6) is -0.166. The van der Waals surface area contributed by atoms with E-state index in [4.69, 9.17) is 28.1 Å². The van der Waals surface area contributed by atoms with Crippen LogP contribution in [-0.4, -0.2) is 92.0 Å². The smallest absolute Gasteiger partial charge is 0.407 e. The number of ether oxygens (including phenoxy) is 5. The first-order chi connectivity index (χ1) is 27.4. The molecule has 0 fully saturated rings. The first-order valence-electron chi connectivity index (χ1n) is 20.3. The van der Waals surface area contributed by atoms with Crippen LogP contribution in [-0.2, 0) is 63.8 Å². The number of Topliss-reactive ketones (excluding diaryl/α,β-unsaturated/α-hetero) is 1. The molecule has 0 spiro atoms. The molecular weight excluding hydrogens is 741 g/mol. The zero-order valence-corrected chi connectivity index (χ0v) is 36.1. The Kier molecular flexibility index (Phi) is 21.8. The van der Waals surface area contributed by atoms with Crippen LogP contribution >= 0.6 is 0 Å². The third-order valence-electron chi connectivity index (χ3n) is 9.97. The molecule has 12 heteroatoms. The van der Waals surface area contributed by atoms with Gasteiger partial charge in [-0.2, -0.15) is 0 Å². The van der Waals surface area contributed by atoms with Crippen molar-refractivity contribution >= 4 is 26.1 Å². The zero-order chi connectivity index (χ0) is 41.4. The second-order valence-corrected chi connectivity index (χ2v) is 20.3. The van der Waals surface area contributed by atoms with E-state index >= 15 is 0 Å². The molecule has 0 bridgehead atoms. The Morgan fingerprint density at radius 3 is 1.93 bits per heavy atom. The third-order valence-corrected chi connectivity index (χ3v) is 14.4. The quantitative estimate of drug-likeness (QED) is 0.0557. The van der Waals surface area contributed by atoms with E-state index in [9.17, 15) is 14.4 Å². The minimum atomic E-state index is -1.79. The molecule has 0 heterocycles. The van der Waals surface area contributed by atoms with Gasteiger partial charge in [-0.25, -0.2) is 4.79 Å². The molecule has 3 aromatic carbocycles. The van der Waals surface area contributed by atoms with Crippen LogP contribution in [0.25, 0.3) is 11.1 Å². The number of unbranched alkanes of at least 4 members (excludes halogenated alkanes) is 1. The van der Waals surface area contributed by atoms with Crippen LogP contribution in [0.1, 0.15) is 69.2 Å². The minimum Gasteiger partial charge on any atom is -0.445 e. The maximum Gasteiger partial charge on any atom is 0.407 e. The second kappa shape index (κ2) is 26.2. The van der Waals surface area contributed by atoms with Gasteiger partial charge in [0.25, 0.3) is 0 Å². The number of alkyl carbamates (subject to hydrolysis) is 1. The first-order valence-corrected chi connectivity index (χ1v) is 23.2. The minimum absolute atomic E-state index is 0.0750. The van der Waals surface area contributed by atoms with Gasteiger partial charge in [-0.3, -0.25) is 9.59 Å². The number of aryl methyl sites for hydroxylation is 2. The largest absolute Gasteiger partial charge is 0.445 e. The van der Waals surface area contributed by atoms with Crippen LogP contribution < -0.4 is 10.6 Å². The Morgan fingerprint density at radius 2 is 1.26 bits per heavy atom. The van der Waals surface area contributed by atoms with Crippen LogP contribution in [0.2, 0.25) is 18.1 Å². The summed E-state index contributed by atoms with van der Waals surface area (Å²) in [6.45, 7) is 16.8. The van der Waals surface area contributed by atoms with Gasteiger partial charge in [0, 0.05) is 19.5 Å². The van der Waals surface area contributed by atoms with Crippen LogP contribution in [0.3, 0.4) is 0 Å². The highest BCUT2D eigenvalue weighted by atomic mass is 28.4. The zero-order valence-electron chi connectivity index (χ0n) is 35.1. The van der Waals surface area contributed by atoms with Gasteiger partial charge in [0.15, 0.2) is 14.1 Å². The van der Waals surface area contributed by atoms with Gasteiger partial charge in [0.05, 0.1) is 46.2 Å². The highest BCUT2D eigenvalue weighted by Crippen LogP contribution is 2.37. The van der Waals surface area contributed by atoms with Gasteiger partial charge in [0.2, 0.25) is 5.91 Å². The molecule has 57 heavy (non-hydrogen) atoms. The first kappa shape index (κ1) is 47.5. The highest BCUT2D eigenvalue weighted by molar-refractivity contribution is 6.74. The molecule has 2 amide bonds. The molecule has 0 aliphatic heterocycles. The summed E-state index contributed by atoms with van der Waals surface area (Å²) in [5.41, 5.74) is 7.21. The van der Waals surface area contributed by atoms with Crippen molar-refractivity contribution in [1.82, 2.24) is 10.6 Å². The lowest BCUT2D eigenvalue weighted by Gasteiger charge is -2.36. The molecule has 0 aliphatic rings. The number of ketones is 1. The predicted molar refractivity (Wildman–Crippen MR) is 227 cm³/mol. The average Bonchev–Trinajstić information content (AvgIpc) is 3.20. The number of carbonyl (C=O) groups is 3. The highest BCUT2D eigenvalue weighted by Gasteiger charge is 2.37. The third kappa shape index (κ3) is 19.4. The lowest BCUT2D eigenvalue weighted by molar-refractivity contribution is -0.127. The van der Waals surface area contributed by atoms with Crippen molar-refractivity contribution in [2.75, 3.05) is 65.9 Å². The molecule has 0 radical (unpaired) electrons. The van der Waals surface area contributed by atoms with E-state index in [1.807, 2.05) is 30.3 Å². The molecule has 0 saturated carbocycles. The molecule has 3 aromatic rings. The number of hydrogen-bond donors (Lipinski definition) is 2. The molecule has 2 N–H and O–H groups in total. The summed E-state index contributed by atoms with van der Waals surface area (Å²) in [4.78, 5) is 36.0. The number of hydrogen-bond acceptors (Lipinski definition) is 9. The number of rotatable bonds is 28. The Balaban J connectivity index is 1.16. The van der Waals surface area contributed by atoms with Gasteiger partial charge in [-0.15, -0.1) is 0 Å². The van der Waals surface area contributed by atoms with Gasteiger partial charge < -0.3 is 38.7 Å².